The van der Waals surface area contributed by atoms with Crippen LogP contribution in [0.5, 0.6) is 0 Å². The summed E-state index contributed by atoms with van der Waals surface area (Å²) >= 11 is 0. The van der Waals surface area contributed by atoms with Gasteiger partial charge in [0.15, 0.2) is 5.92 Å². The number of halogens is 3. The number of fused-ring (bicyclic) bond motifs is 1. The predicted molar refractivity (Wildman–Crippen MR) is 131 cm³/mol. The number of rotatable bonds is 6. The van der Waals surface area contributed by atoms with Gasteiger partial charge in [0, 0.05) is 25.8 Å². The molecule has 1 saturated heterocycles. The van der Waals surface area contributed by atoms with E-state index < -0.39 is 48.7 Å². The fourth-order valence-electron chi connectivity index (χ4n) is 4.95. The van der Waals surface area contributed by atoms with E-state index in [2.05, 4.69) is 0 Å². The molecule has 2 heterocycles. The van der Waals surface area contributed by atoms with E-state index in [1.54, 1.807) is 29.8 Å². The summed E-state index contributed by atoms with van der Waals surface area (Å²) in [5.74, 6) is -3.68. The van der Waals surface area contributed by atoms with Crippen molar-refractivity contribution < 1.29 is 32.7 Å². The molecule has 5 rings (SSSR count). The van der Waals surface area contributed by atoms with Crippen molar-refractivity contribution >= 4 is 34.6 Å². The average Bonchev–Trinajstić information content (AvgIpc) is 3.64. The summed E-state index contributed by atoms with van der Waals surface area (Å²) in [7, 11) is 1.64. The van der Waals surface area contributed by atoms with E-state index in [9.17, 15) is 37.5 Å². The molecule has 0 bridgehead atoms. The second kappa shape index (κ2) is 9.03. The standard InChI is InChI=1S/C26H25F3N4O5/c1-14-16(4-3-5-19(14)26(27,28)29)12-33-22(34)18(23(35)36)13-31(25(33)38)17-8-9-20-21(10-17)32(11-15-6-7-15)24(37)30(20)2/h3-5,8-10,15,18H,6-7,11-13H2,1-2H3,(H,35,36). The zero-order valence-corrected chi connectivity index (χ0v) is 20.7. The lowest BCUT2D eigenvalue weighted by Gasteiger charge is -2.37. The number of carboxylic acid groups (broad SMARTS) is 1. The molecule has 9 nitrogen and oxygen atoms in total. The minimum Gasteiger partial charge on any atom is -0.481 e. The lowest BCUT2D eigenvalue weighted by atomic mass is 9.99. The third kappa shape index (κ3) is 4.33. The number of aliphatic carboxylic acids is 1. The molecule has 1 saturated carbocycles. The summed E-state index contributed by atoms with van der Waals surface area (Å²) in [6.07, 6.45) is -2.61. The molecule has 38 heavy (non-hydrogen) atoms. The van der Waals surface area contributed by atoms with Gasteiger partial charge in [-0.3, -0.25) is 28.5 Å². The number of amides is 3. The van der Waals surface area contributed by atoms with Crippen molar-refractivity contribution in [2.45, 2.75) is 39.0 Å². The van der Waals surface area contributed by atoms with E-state index >= 15 is 0 Å². The van der Waals surface area contributed by atoms with Crippen molar-refractivity contribution in [3.05, 3.63) is 63.6 Å². The molecule has 0 radical (unpaired) electrons. The molecule has 1 unspecified atom stereocenters. The SMILES string of the molecule is Cc1c(CN2C(=O)C(C(=O)O)CN(c3ccc4c(c3)n(CC3CC3)c(=O)n4C)C2=O)cccc1C(F)(F)F. The number of hydrogen-bond acceptors (Lipinski definition) is 4. The summed E-state index contributed by atoms with van der Waals surface area (Å²) in [6.45, 7) is 0.792. The van der Waals surface area contributed by atoms with Crippen molar-refractivity contribution in [1.82, 2.24) is 14.0 Å². The van der Waals surface area contributed by atoms with Crippen molar-refractivity contribution in [2.24, 2.45) is 18.9 Å². The first-order chi connectivity index (χ1) is 17.9. The summed E-state index contributed by atoms with van der Waals surface area (Å²) in [6, 6.07) is 7.42. The van der Waals surface area contributed by atoms with Crippen molar-refractivity contribution in [3.8, 4) is 0 Å². The Kier molecular flexibility index (Phi) is 6.07. The molecule has 200 valence electrons. The van der Waals surface area contributed by atoms with Crippen LogP contribution in [0.25, 0.3) is 11.0 Å². The second-order valence-electron chi connectivity index (χ2n) is 9.86. The molecule has 1 aliphatic heterocycles. The molecular weight excluding hydrogens is 505 g/mol. The smallest absolute Gasteiger partial charge is 0.416 e. The largest absolute Gasteiger partial charge is 0.481 e. The Morgan fingerprint density at radius 1 is 1.08 bits per heavy atom. The minimum atomic E-state index is -4.63. The summed E-state index contributed by atoms with van der Waals surface area (Å²) in [5.41, 5.74) is 0.284. The Hall–Kier alpha value is -4.09. The van der Waals surface area contributed by atoms with Crippen LogP contribution < -0.4 is 10.6 Å². The first-order valence-corrected chi connectivity index (χ1v) is 12.1. The number of imidazole rings is 1. The minimum absolute atomic E-state index is 0.0734. The number of benzene rings is 2. The number of aromatic nitrogens is 2. The fourth-order valence-corrected chi connectivity index (χ4v) is 4.95. The predicted octanol–water partition coefficient (Wildman–Crippen LogP) is 3.75. The van der Waals surface area contributed by atoms with Crippen LogP contribution in [0.2, 0.25) is 0 Å². The number of urea groups is 1. The van der Waals surface area contributed by atoms with Crippen LogP contribution in [0, 0.1) is 18.8 Å². The van der Waals surface area contributed by atoms with E-state index in [0.29, 0.717) is 28.4 Å². The average molecular weight is 531 g/mol. The normalized spacial score (nSPS) is 18.5. The zero-order valence-electron chi connectivity index (χ0n) is 20.7. The fraction of sp³-hybridized carbons (Fsp3) is 0.385. The third-order valence-corrected chi connectivity index (χ3v) is 7.35. The lowest BCUT2D eigenvalue weighted by molar-refractivity contribution is -0.150. The van der Waals surface area contributed by atoms with Crippen LogP contribution >= 0.6 is 0 Å². The summed E-state index contributed by atoms with van der Waals surface area (Å²) in [4.78, 5) is 53.1. The second-order valence-corrected chi connectivity index (χ2v) is 9.86. The maximum Gasteiger partial charge on any atom is 0.416 e. The molecule has 0 spiro atoms. The van der Waals surface area contributed by atoms with Gasteiger partial charge < -0.3 is 5.11 Å². The lowest BCUT2D eigenvalue weighted by Crippen LogP contribution is -2.58. The van der Waals surface area contributed by atoms with Crippen LogP contribution in [-0.4, -0.2) is 43.6 Å². The van der Waals surface area contributed by atoms with Gasteiger partial charge in [0.2, 0.25) is 5.91 Å². The highest BCUT2D eigenvalue weighted by Gasteiger charge is 2.44. The van der Waals surface area contributed by atoms with Crippen LogP contribution in [0.4, 0.5) is 23.7 Å². The molecular formula is C26H25F3N4O5. The van der Waals surface area contributed by atoms with Gasteiger partial charge in [0.25, 0.3) is 0 Å². The van der Waals surface area contributed by atoms with Gasteiger partial charge in [0.1, 0.15) is 0 Å². The Labute approximate surface area is 214 Å². The molecule has 1 aromatic heterocycles. The Morgan fingerprint density at radius 3 is 2.42 bits per heavy atom. The van der Waals surface area contributed by atoms with E-state index in [1.807, 2.05) is 0 Å². The third-order valence-electron chi connectivity index (χ3n) is 7.35. The van der Waals surface area contributed by atoms with Crippen LogP contribution in [-0.2, 0) is 35.9 Å². The number of nitrogens with zero attached hydrogens (tertiary/aromatic N) is 4. The molecule has 1 aliphatic carbocycles. The maximum atomic E-state index is 13.5. The highest BCUT2D eigenvalue weighted by molar-refractivity contribution is 6.12. The van der Waals surface area contributed by atoms with Gasteiger partial charge in [-0.15, -0.1) is 0 Å². The Morgan fingerprint density at radius 2 is 1.79 bits per heavy atom. The topological polar surface area (TPSA) is 105 Å². The first kappa shape index (κ1) is 25.6. The number of alkyl halides is 3. The van der Waals surface area contributed by atoms with Crippen LogP contribution in [0.3, 0.4) is 0 Å². The molecule has 2 aromatic carbocycles. The number of imide groups is 1. The van der Waals surface area contributed by atoms with E-state index in [4.69, 9.17) is 0 Å². The van der Waals surface area contributed by atoms with Gasteiger partial charge in [-0.05, 0) is 61.1 Å². The zero-order chi connectivity index (χ0) is 27.5. The van der Waals surface area contributed by atoms with E-state index in [1.165, 1.54) is 23.6 Å². The number of carbonyl (C=O) groups is 3. The molecule has 12 heteroatoms. The van der Waals surface area contributed by atoms with Crippen molar-refractivity contribution in [2.75, 3.05) is 11.4 Å². The van der Waals surface area contributed by atoms with Crippen molar-refractivity contribution in [3.63, 3.8) is 0 Å². The number of carboxylic acids is 1. The Balaban J connectivity index is 1.55. The summed E-state index contributed by atoms with van der Waals surface area (Å²) < 4.78 is 43.4. The van der Waals surface area contributed by atoms with Crippen LogP contribution in [0.1, 0.15) is 29.5 Å². The number of carbonyl (C=O) groups excluding carboxylic acids is 2. The maximum absolute atomic E-state index is 13.5. The first-order valence-electron chi connectivity index (χ1n) is 12.1. The highest BCUT2D eigenvalue weighted by atomic mass is 19.4. The monoisotopic (exact) mass is 530 g/mol. The highest BCUT2D eigenvalue weighted by Crippen LogP contribution is 2.35. The van der Waals surface area contributed by atoms with E-state index in [-0.39, 0.29) is 22.5 Å². The van der Waals surface area contributed by atoms with Gasteiger partial charge in [-0.2, -0.15) is 13.2 Å². The number of aryl methyl sites for hydroxylation is 1. The van der Waals surface area contributed by atoms with Gasteiger partial charge >= 0.3 is 23.9 Å². The van der Waals surface area contributed by atoms with Gasteiger partial charge in [0.05, 0.1) is 23.1 Å². The van der Waals surface area contributed by atoms with Gasteiger partial charge in [-0.25, -0.2) is 9.59 Å². The molecule has 3 amide bonds. The Bertz CT molecular complexity index is 1540. The van der Waals surface area contributed by atoms with E-state index in [0.717, 1.165) is 23.8 Å². The molecule has 3 aromatic rings. The molecule has 1 atom stereocenters. The molecule has 1 N–H and O–H groups in total. The molecule has 2 aliphatic rings. The summed E-state index contributed by atoms with van der Waals surface area (Å²) in [5, 5.41) is 9.73. The molecule has 2 fully saturated rings. The number of hydrogen-bond donors (Lipinski definition) is 1. The quantitative estimate of drug-likeness (QED) is 0.489. The van der Waals surface area contributed by atoms with Crippen molar-refractivity contribution in [1.29, 1.82) is 0 Å². The van der Waals surface area contributed by atoms with Crippen LogP contribution in [0.15, 0.2) is 41.2 Å². The van der Waals surface area contributed by atoms with Gasteiger partial charge in [-0.1, -0.05) is 12.1 Å². The number of anilines is 1.